The summed E-state index contributed by atoms with van der Waals surface area (Å²) in [5.41, 5.74) is 8.67. The third-order valence-corrected chi connectivity index (χ3v) is 6.12. The zero-order chi connectivity index (χ0) is 21.3. The second-order valence-corrected chi connectivity index (χ2v) is 9.69. The normalized spacial score (nSPS) is 13.9. The fourth-order valence-electron chi connectivity index (χ4n) is 4.53. The zero-order valence-corrected chi connectivity index (χ0v) is 22.0. The molecule has 175 valence electrons. The molecule has 0 atom stereocenters. The first-order valence-electron chi connectivity index (χ1n) is 11.4. The molecule has 0 aromatic heterocycles. The van der Waals surface area contributed by atoms with Crippen LogP contribution in [0.2, 0.25) is 0 Å². The van der Waals surface area contributed by atoms with E-state index in [1.54, 1.807) is 0 Å². The molecule has 2 aromatic rings. The first kappa shape index (κ1) is 27.9. The first-order valence-corrected chi connectivity index (χ1v) is 11.4. The molecule has 1 aliphatic rings. The Labute approximate surface area is 207 Å². The van der Waals surface area contributed by atoms with E-state index in [2.05, 4.69) is 108 Å². The largest absolute Gasteiger partial charge is 1.00 e. The van der Waals surface area contributed by atoms with Crippen molar-refractivity contribution in [3.63, 3.8) is 0 Å². The molecule has 3 rings (SSSR count). The van der Waals surface area contributed by atoms with Crippen LogP contribution in [-0.2, 0) is 17.1 Å². The molecule has 2 nitrogen and oxygen atoms in total. The van der Waals surface area contributed by atoms with Gasteiger partial charge in [0.2, 0.25) is 0 Å². The van der Waals surface area contributed by atoms with Crippen LogP contribution >= 0.6 is 0 Å². The van der Waals surface area contributed by atoms with E-state index in [0.717, 1.165) is 13.1 Å². The van der Waals surface area contributed by atoms with Crippen LogP contribution in [0.5, 0.6) is 0 Å². The topological polar surface area (TPSA) is 6.48 Å². The second-order valence-electron chi connectivity index (χ2n) is 9.69. The van der Waals surface area contributed by atoms with Crippen LogP contribution in [0.4, 0.5) is 11.4 Å². The Kier molecular flexibility index (Phi) is 10.5. The Morgan fingerprint density at radius 3 is 1.03 bits per heavy atom. The van der Waals surface area contributed by atoms with Gasteiger partial charge in [-0.05, 0) is 45.9 Å². The van der Waals surface area contributed by atoms with Gasteiger partial charge in [-0.1, -0.05) is 91.8 Å². The van der Waals surface area contributed by atoms with Crippen molar-refractivity contribution in [3.05, 3.63) is 65.3 Å². The Bertz CT molecular complexity index is 723. The van der Waals surface area contributed by atoms with Gasteiger partial charge in [0, 0.05) is 24.5 Å². The van der Waals surface area contributed by atoms with Gasteiger partial charge in [0.15, 0.2) is 0 Å². The van der Waals surface area contributed by atoms with Crippen LogP contribution < -0.4 is 22.2 Å². The minimum Gasteiger partial charge on any atom is -1.00 e. The molecule has 1 fully saturated rings. The van der Waals surface area contributed by atoms with E-state index >= 15 is 0 Å². The Morgan fingerprint density at radius 2 is 0.806 bits per heavy atom. The zero-order valence-electron chi connectivity index (χ0n) is 20.3. The van der Waals surface area contributed by atoms with E-state index in [9.17, 15) is 0 Å². The average Bonchev–Trinajstić information content (AvgIpc) is 3.15. The second kappa shape index (κ2) is 11.6. The molecule has 0 bridgehead atoms. The minimum absolute atomic E-state index is 0. The maximum absolute atomic E-state index is 2.51. The number of halogens is 1. The molecule has 0 saturated carbocycles. The fourth-order valence-corrected chi connectivity index (χ4v) is 4.53. The van der Waals surface area contributed by atoms with Gasteiger partial charge in [-0.25, -0.2) is 0 Å². The van der Waals surface area contributed by atoms with Crippen LogP contribution in [0.25, 0.3) is 0 Å². The molecule has 4 heteroatoms. The summed E-state index contributed by atoms with van der Waals surface area (Å²) >= 11 is 0. The summed E-state index contributed by atoms with van der Waals surface area (Å²) in [5.74, 6) is 2.06. The third kappa shape index (κ3) is 5.81. The van der Waals surface area contributed by atoms with Crippen LogP contribution in [0.15, 0.2) is 36.4 Å². The van der Waals surface area contributed by atoms with Gasteiger partial charge < -0.3 is 22.2 Å². The number of benzene rings is 2. The van der Waals surface area contributed by atoms with Gasteiger partial charge in [-0.15, -0.1) is 0 Å². The maximum atomic E-state index is 2.51. The molecule has 2 aromatic carbocycles. The van der Waals surface area contributed by atoms with Crippen molar-refractivity contribution in [1.82, 2.24) is 0 Å². The molecule has 1 heterocycles. The number of anilines is 2. The molecular weight excluding hydrogens is 451 g/mol. The fraction of sp³-hybridized carbons (Fsp3) is 0.519. The van der Waals surface area contributed by atoms with Crippen LogP contribution in [0.1, 0.15) is 101 Å². The van der Waals surface area contributed by atoms with Gasteiger partial charge in [-0.2, -0.15) is 0 Å². The molecule has 1 aliphatic heterocycles. The Hall–Kier alpha value is -1.15. The van der Waals surface area contributed by atoms with E-state index in [1.165, 1.54) is 33.6 Å². The standard InChI is InChI=1S/C27H39N2.ClH.Cu/c1-18(2)22-11-9-12-23(19(3)4)26(22)28-15-16-29(17-28)27-24(20(5)6)13-10-14-25(27)21(7)8;;/h9-14,17-21H,15-16H2,1-8H3;1H;/q;;+1/p-1. The summed E-state index contributed by atoms with van der Waals surface area (Å²) in [6, 6.07) is 13.7. The predicted molar refractivity (Wildman–Crippen MR) is 128 cm³/mol. The number of nitrogens with zero attached hydrogens (tertiary/aromatic N) is 2. The number of hydrogen-bond acceptors (Lipinski definition) is 2. The SMILES string of the molecule is CC(C)c1cccc(C(C)C)c1N1[CH]N(c2c(C(C)C)cccc2C(C)C)CC1.[Cl-].[Cu+]. The van der Waals surface area contributed by atoms with Crippen LogP contribution in [0.3, 0.4) is 0 Å². The monoisotopic (exact) mass is 489 g/mol. The number of hydrogen-bond donors (Lipinski definition) is 0. The molecular formula is C27H39ClCuN2. The summed E-state index contributed by atoms with van der Waals surface area (Å²) in [5, 5.41) is 0. The number of rotatable bonds is 6. The van der Waals surface area contributed by atoms with Crippen molar-refractivity contribution in [2.45, 2.75) is 79.1 Å². The number of para-hydroxylation sites is 2. The molecule has 0 amide bonds. The van der Waals surface area contributed by atoms with E-state index in [1.807, 2.05) is 0 Å². The van der Waals surface area contributed by atoms with Gasteiger partial charge in [0.05, 0.1) is 0 Å². The van der Waals surface area contributed by atoms with E-state index in [-0.39, 0.29) is 29.5 Å². The van der Waals surface area contributed by atoms with Gasteiger partial charge >= 0.3 is 17.1 Å². The van der Waals surface area contributed by atoms with Gasteiger partial charge in [0.1, 0.15) is 6.67 Å². The molecule has 0 unspecified atom stereocenters. The van der Waals surface area contributed by atoms with Crippen molar-refractivity contribution in [3.8, 4) is 0 Å². The van der Waals surface area contributed by atoms with Crippen molar-refractivity contribution in [2.24, 2.45) is 0 Å². The Morgan fingerprint density at radius 1 is 0.548 bits per heavy atom. The van der Waals surface area contributed by atoms with Crippen molar-refractivity contribution >= 4 is 11.4 Å². The molecule has 0 N–H and O–H groups in total. The quantitative estimate of drug-likeness (QED) is 0.545. The predicted octanol–water partition coefficient (Wildman–Crippen LogP) is 4.63. The van der Waals surface area contributed by atoms with E-state index < -0.39 is 0 Å². The Balaban J connectivity index is 0.00000240. The van der Waals surface area contributed by atoms with Gasteiger partial charge in [-0.3, -0.25) is 0 Å². The third-order valence-electron chi connectivity index (χ3n) is 6.12. The molecule has 0 aliphatic carbocycles. The average molecular weight is 491 g/mol. The smallest absolute Gasteiger partial charge is 1.00 e. The van der Waals surface area contributed by atoms with E-state index in [4.69, 9.17) is 0 Å². The minimum atomic E-state index is 0. The molecule has 31 heavy (non-hydrogen) atoms. The first-order chi connectivity index (χ1) is 13.7. The van der Waals surface area contributed by atoms with E-state index in [0.29, 0.717) is 23.7 Å². The summed E-state index contributed by atoms with van der Waals surface area (Å²) in [6.45, 7) is 22.9. The van der Waals surface area contributed by atoms with Crippen molar-refractivity contribution < 1.29 is 29.5 Å². The van der Waals surface area contributed by atoms with Crippen LogP contribution in [0, 0.1) is 6.67 Å². The molecule has 1 saturated heterocycles. The van der Waals surface area contributed by atoms with Gasteiger partial charge in [0.25, 0.3) is 0 Å². The summed E-state index contributed by atoms with van der Waals surface area (Å²) in [4.78, 5) is 5.01. The van der Waals surface area contributed by atoms with Crippen molar-refractivity contribution in [1.29, 1.82) is 0 Å². The molecule has 1 radical (unpaired) electrons. The van der Waals surface area contributed by atoms with Crippen LogP contribution in [-0.4, -0.2) is 13.1 Å². The summed E-state index contributed by atoms with van der Waals surface area (Å²) in [6.07, 6.45) is 0. The van der Waals surface area contributed by atoms with Crippen molar-refractivity contribution in [2.75, 3.05) is 22.9 Å². The summed E-state index contributed by atoms with van der Waals surface area (Å²) < 4.78 is 0. The summed E-state index contributed by atoms with van der Waals surface area (Å²) in [7, 11) is 0. The maximum Gasteiger partial charge on any atom is 1.00 e. The molecule has 0 spiro atoms.